The molecule has 1 rings (SSSR count). The van der Waals surface area contributed by atoms with E-state index in [1.165, 1.54) is 0 Å². The van der Waals surface area contributed by atoms with Gasteiger partial charge in [-0.15, -0.1) is 0 Å². The van der Waals surface area contributed by atoms with Crippen molar-refractivity contribution in [3.05, 3.63) is 0 Å². The Hall–Kier alpha value is -0.990. The van der Waals surface area contributed by atoms with Gasteiger partial charge in [-0.05, 0) is 25.2 Å². The van der Waals surface area contributed by atoms with Crippen molar-refractivity contribution in [1.82, 2.24) is 5.32 Å². The fourth-order valence-electron chi connectivity index (χ4n) is 2.28. The molecule has 1 saturated carbocycles. The molecule has 2 unspecified atom stereocenters. The van der Waals surface area contributed by atoms with Gasteiger partial charge in [0.2, 0.25) is 11.8 Å². The maximum absolute atomic E-state index is 12.3. The second-order valence-corrected chi connectivity index (χ2v) is 4.95. The minimum absolute atomic E-state index is 0.267. The third-order valence-corrected chi connectivity index (χ3v) is 3.24. The molecule has 2 N–H and O–H groups in total. The standard InChI is InChI=1S/C11H15F6NO2/c12-10(13,14)8(11(15,16)17)9(20)18-5-6-2-1-3-7(19)4-6/h6-8,19H,1-5H2,(H,18,20). The van der Waals surface area contributed by atoms with Gasteiger partial charge in [0.05, 0.1) is 6.10 Å². The van der Waals surface area contributed by atoms with E-state index < -0.39 is 30.3 Å². The number of amides is 1. The van der Waals surface area contributed by atoms with Crippen LogP contribution in [0.2, 0.25) is 0 Å². The van der Waals surface area contributed by atoms with Crippen molar-refractivity contribution in [2.24, 2.45) is 11.8 Å². The molecular weight excluding hydrogens is 292 g/mol. The highest BCUT2D eigenvalue weighted by Crippen LogP contribution is 2.39. The molecule has 0 bridgehead atoms. The Kier molecular flexibility index (Phi) is 5.28. The summed E-state index contributed by atoms with van der Waals surface area (Å²) in [5.41, 5.74) is 0. The molecule has 1 aliphatic carbocycles. The first-order valence-electron chi connectivity index (χ1n) is 6.11. The van der Waals surface area contributed by atoms with E-state index in [1.54, 1.807) is 5.32 Å². The lowest BCUT2D eigenvalue weighted by molar-refractivity contribution is -0.274. The quantitative estimate of drug-likeness (QED) is 0.787. The number of hydrogen-bond donors (Lipinski definition) is 2. The Bertz CT molecular complexity index is 327. The van der Waals surface area contributed by atoms with Gasteiger partial charge in [-0.25, -0.2) is 0 Å². The number of carbonyl (C=O) groups is 1. The van der Waals surface area contributed by atoms with Gasteiger partial charge in [0.15, 0.2) is 0 Å². The SMILES string of the molecule is O=C(NCC1CCCC(O)C1)C(C(F)(F)F)C(F)(F)F. The zero-order valence-corrected chi connectivity index (χ0v) is 10.4. The van der Waals surface area contributed by atoms with Crippen LogP contribution in [0.15, 0.2) is 0 Å². The zero-order valence-electron chi connectivity index (χ0n) is 10.4. The van der Waals surface area contributed by atoms with E-state index in [0.29, 0.717) is 19.3 Å². The third kappa shape index (κ3) is 4.84. The predicted molar refractivity (Wildman–Crippen MR) is 56.6 cm³/mol. The van der Waals surface area contributed by atoms with Crippen LogP contribution in [-0.4, -0.2) is 36.0 Å². The van der Waals surface area contributed by atoms with E-state index in [2.05, 4.69) is 0 Å². The molecule has 0 heterocycles. The molecule has 118 valence electrons. The molecule has 1 aliphatic rings. The molecule has 0 aromatic carbocycles. The zero-order chi connectivity index (χ0) is 15.6. The number of hydrogen-bond acceptors (Lipinski definition) is 2. The molecule has 1 amide bonds. The molecule has 0 radical (unpaired) electrons. The maximum Gasteiger partial charge on any atom is 0.409 e. The van der Waals surface area contributed by atoms with E-state index in [9.17, 15) is 36.2 Å². The number of rotatable bonds is 3. The van der Waals surface area contributed by atoms with Crippen LogP contribution in [0, 0.1) is 11.8 Å². The lowest BCUT2D eigenvalue weighted by Gasteiger charge is -2.27. The lowest BCUT2D eigenvalue weighted by Crippen LogP contribution is -2.49. The molecule has 20 heavy (non-hydrogen) atoms. The Balaban J connectivity index is 2.59. The van der Waals surface area contributed by atoms with Gasteiger partial charge in [0, 0.05) is 6.54 Å². The molecule has 2 atom stereocenters. The summed E-state index contributed by atoms with van der Waals surface area (Å²) in [6.07, 6.45) is -9.96. The van der Waals surface area contributed by atoms with E-state index >= 15 is 0 Å². The highest BCUT2D eigenvalue weighted by atomic mass is 19.4. The number of halogens is 6. The summed E-state index contributed by atoms with van der Waals surface area (Å²) in [5.74, 6) is -6.40. The minimum atomic E-state index is -5.67. The average Bonchev–Trinajstić information content (AvgIpc) is 2.22. The topological polar surface area (TPSA) is 49.3 Å². The van der Waals surface area contributed by atoms with Gasteiger partial charge in [0.25, 0.3) is 0 Å². The molecule has 0 saturated heterocycles. The Morgan fingerprint density at radius 3 is 2.15 bits per heavy atom. The van der Waals surface area contributed by atoms with Crippen molar-refractivity contribution in [1.29, 1.82) is 0 Å². The smallest absolute Gasteiger partial charge is 0.393 e. The van der Waals surface area contributed by atoms with Crippen molar-refractivity contribution in [3.8, 4) is 0 Å². The first-order valence-corrected chi connectivity index (χ1v) is 6.11. The van der Waals surface area contributed by atoms with Crippen LogP contribution in [-0.2, 0) is 4.79 Å². The fourth-order valence-corrected chi connectivity index (χ4v) is 2.28. The van der Waals surface area contributed by atoms with Crippen LogP contribution >= 0.6 is 0 Å². The van der Waals surface area contributed by atoms with Gasteiger partial charge < -0.3 is 10.4 Å². The summed E-state index contributed by atoms with van der Waals surface area (Å²) in [6.45, 7) is -0.293. The second-order valence-electron chi connectivity index (χ2n) is 4.95. The van der Waals surface area contributed by atoms with Gasteiger partial charge in [0.1, 0.15) is 0 Å². The number of aliphatic hydroxyl groups excluding tert-OH is 1. The first-order chi connectivity index (χ1) is 9.01. The molecule has 3 nitrogen and oxygen atoms in total. The van der Waals surface area contributed by atoms with E-state index in [4.69, 9.17) is 0 Å². The van der Waals surface area contributed by atoms with Gasteiger partial charge in [-0.3, -0.25) is 4.79 Å². The summed E-state index contributed by atoms with van der Waals surface area (Å²) >= 11 is 0. The van der Waals surface area contributed by atoms with E-state index in [0.717, 1.165) is 0 Å². The van der Waals surface area contributed by atoms with Crippen LogP contribution in [0.5, 0.6) is 0 Å². The molecule has 0 aliphatic heterocycles. The van der Waals surface area contributed by atoms with Crippen molar-refractivity contribution < 1.29 is 36.2 Å². The maximum atomic E-state index is 12.3. The lowest BCUT2D eigenvalue weighted by atomic mass is 9.87. The number of alkyl halides is 6. The van der Waals surface area contributed by atoms with Crippen LogP contribution in [0.1, 0.15) is 25.7 Å². The summed E-state index contributed by atoms with van der Waals surface area (Å²) in [4.78, 5) is 11.1. The molecular formula is C11H15F6NO2. The van der Waals surface area contributed by atoms with Crippen LogP contribution in [0.3, 0.4) is 0 Å². The van der Waals surface area contributed by atoms with E-state index in [1.807, 2.05) is 0 Å². The number of nitrogens with one attached hydrogen (secondary N) is 1. The Morgan fingerprint density at radius 1 is 1.15 bits per heavy atom. The number of aliphatic hydroxyl groups is 1. The Labute approximate surface area is 111 Å². The molecule has 0 aromatic heterocycles. The minimum Gasteiger partial charge on any atom is -0.393 e. The van der Waals surface area contributed by atoms with Crippen molar-refractivity contribution in [2.75, 3.05) is 6.54 Å². The summed E-state index contributed by atoms with van der Waals surface area (Å²) < 4.78 is 73.6. The second kappa shape index (κ2) is 6.19. The van der Waals surface area contributed by atoms with Crippen molar-refractivity contribution >= 4 is 5.91 Å². The fraction of sp³-hybridized carbons (Fsp3) is 0.909. The molecule has 0 aromatic rings. The monoisotopic (exact) mass is 307 g/mol. The molecule has 0 spiro atoms. The van der Waals surface area contributed by atoms with Crippen LogP contribution in [0.25, 0.3) is 0 Å². The normalized spacial score (nSPS) is 24.8. The predicted octanol–water partition coefficient (Wildman–Crippen LogP) is 2.39. The van der Waals surface area contributed by atoms with Gasteiger partial charge >= 0.3 is 12.4 Å². The highest BCUT2D eigenvalue weighted by Gasteiger charge is 2.61. The van der Waals surface area contributed by atoms with Gasteiger partial charge in [-0.1, -0.05) is 6.42 Å². The largest absolute Gasteiger partial charge is 0.409 e. The Morgan fingerprint density at radius 2 is 1.70 bits per heavy atom. The number of carbonyl (C=O) groups excluding carboxylic acids is 1. The molecule has 9 heteroatoms. The first kappa shape index (κ1) is 17.1. The summed E-state index contributed by atoms with van der Waals surface area (Å²) in [7, 11) is 0. The summed E-state index contributed by atoms with van der Waals surface area (Å²) in [5, 5.41) is 11.0. The van der Waals surface area contributed by atoms with Crippen LogP contribution in [0.4, 0.5) is 26.3 Å². The van der Waals surface area contributed by atoms with Crippen LogP contribution < -0.4 is 5.32 Å². The van der Waals surface area contributed by atoms with E-state index in [-0.39, 0.29) is 18.9 Å². The highest BCUT2D eigenvalue weighted by molar-refractivity contribution is 5.80. The summed E-state index contributed by atoms with van der Waals surface area (Å²) in [6, 6.07) is 0. The third-order valence-electron chi connectivity index (χ3n) is 3.24. The van der Waals surface area contributed by atoms with Gasteiger partial charge in [-0.2, -0.15) is 26.3 Å². The van der Waals surface area contributed by atoms with Crippen molar-refractivity contribution in [2.45, 2.75) is 44.1 Å². The average molecular weight is 307 g/mol. The van der Waals surface area contributed by atoms with Crippen molar-refractivity contribution in [3.63, 3.8) is 0 Å². The molecule has 1 fully saturated rings.